The van der Waals surface area contributed by atoms with Gasteiger partial charge >= 0.3 is 0 Å². The molecule has 6 heteroatoms. The van der Waals surface area contributed by atoms with Crippen LogP contribution in [0.25, 0.3) is 120 Å². The quantitative estimate of drug-likeness (QED) is 0.168. The Bertz CT molecular complexity index is 4210. The van der Waals surface area contributed by atoms with Crippen molar-refractivity contribution in [2.24, 2.45) is 0 Å². The van der Waals surface area contributed by atoms with Crippen LogP contribution in [0.1, 0.15) is 8.22 Å². The molecule has 4 heterocycles. The van der Waals surface area contributed by atoms with Gasteiger partial charge in [-0.05, 0) is 53.5 Å². The van der Waals surface area contributed by atoms with Gasteiger partial charge in [-0.2, -0.15) is 9.97 Å². The van der Waals surface area contributed by atoms with Crippen LogP contribution in [-0.2, 0) is 0 Å². The van der Waals surface area contributed by atoms with Crippen LogP contribution < -0.4 is 0 Å². The highest BCUT2D eigenvalue weighted by molar-refractivity contribution is 7.26. The molecule has 0 saturated carbocycles. The molecule has 13 aromatic rings. The number of hydrogen-bond donors (Lipinski definition) is 0. The van der Waals surface area contributed by atoms with E-state index in [0.717, 1.165) is 69.8 Å². The van der Waals surface area contributed by atoms with E-state index in [4.69, 9.17) is 17.7 Å². The third-order valence-corrected chi connectivity index (χ3v) is 13.2. The Morgan fingerprint density at radius 2 is 1.00 bits per heavy atom. The van der Waals surface area contributed by atoms with Crippen LogP contribution in [0.4, 0.5) is 0 Å². The molecule has 0 aliphatic heterocycles. The third kappa shape index (κ3) is 5.59. The molecule has 0 bridgehead atoms. The van der Waals surface area contributed by atoms with Gasteiger partial charge in [0.2, 0.25) is 5.95 Å². The van der Waals surface area contributed by atoms with Crippen molar-refractivity contribution >= 4 is 75.1 Å². The number of benzene rings is 9. The first-order valence-corrected chi connectivity index (χ1v) is 21.5. The van der Waals surface area contributed by atoms with Crippen LogP contribution in [0.15, 0.2) is 212 Å². The normalized spacial score (nSPS) is 13.1. The topological polar surface area (TPSA) is 48.5 Å². The summed E-state index contributed by atoms with van der Waals surface area (Å²) in [5.41, 5.74) is 7.93. The van der Waals surface area contributed by atoms with Crippen molar-refractivity contribution in [3.8, 4) is 56.7 Å². The summed E-state index contributed by atoms with van der Waals surface area (Å²) in [5, 5.41) is 4.59. The Labute approximate surface area is 374 Å². The van der Waals surface area contributed by atoms with E-state index in [1.54, 1.807) is 15.9 Å². The Morgan fingerprint density at radius 1 is 0.381 bits per heavy atom. The molecule has 0 N–H and O–H groups in total. The predicted molar refractivity (Wildman–Crippen MR) is 263 cm³/mol. The molecule has 5 nitrogen and oxygen atoms in total. The summed E-state index contributed by atoms with van der Waals surface area (Å²) in [7, 11) is 0. The fourth-order valence-electron chi connectivity index (χ4n) is 9.18. The molecule has 0 aliphatic carbocycles. The van der Waals surface area contributed by atoms with E-state index in [0.29, 0.717) is 28.8 Å². The van der Waals surface area contributed by atoms with Gasteiger partial charge in [-0.3, -0.25) is 4.57 Å². The first-order valence-electron chi connectivity index (χ1n) is 23.7. The molecule has 0 fully saturated rings. The predicted octanol–water partition coefficient (Wildman–Crippen LogP) is 15.1. The van der Waals surface area contributed by atoms with Gasteiger partial charge in [-0.1, -0.05) is 170 Å². The average Bonchev–Trinajstić information content (AvgIpc) is 4.06. The monoisotopic (exact) mass is 827 g/mol. The average molecular weight is 828 g/mol. The highest BCUT2D eigenvalue weighted by Gasteiger charge is 2.25. The summed E-state index contributed by atoms with van der Waals surface area (Å²) in [6.45, 7) is 0. The minimum Gasteiger partial charge on any atom is -0.308 e. The summed E-state index contributed by atoms with van der Waals surface area (Å²) in [6, 6.07) is 57.0. The maximum atomic E-state index is 9.54. The van der Waals surface area contributed by atoms with Crippen molar-refractivity contribution in [3.63, 3.8) is 0 Å². The van der Waals surface area contributed by atoms with Gasteiger partial charge in [0.15, 0.2) is 11.6 Å². The van der Waals surface area contributed by atoms with Crippen molar-refractivity contribution in [2.75, 3.05) is 0 Å². The molecule has 0 aliphatic rings. The number of nitrogens with zero attached hydrogens (tertiary/aromatic N) is 5. The first-order chi connectivity index (χ1) is 33.7. The van der Waals surface area contributed by atoms with Crippen molar-refractivity contribution < 1.29 is 8.22 Å². The molecule has 0 spiro atoms. The molecule has 13 rings (SSSR count). The van der Waals surface area contributed by atoms with Crippen LogP contribution in [0.5, 0.6) is 0 Å². The second-order valence-corrected chi connectivity index (χ2v) is 16.5. The summed E-state index contributed by atoms with van der Waals surface area (Å²) in [4.78, 5) is 16.0. The number of fused-ring (bicyclic) bond motifs is 9. The first kappa shape index (κ1) is 29.9. The van der Waals surface area contributed by atoms with E-state index in [1.165, 1.54) is 12.1 Å². The summed E-state index contributed by atoms with van der Waals surface area (Å²) in [5.74, 6) is 1.12. The maximum absolute atomic E-state index is 9.54. The lowest BCUT2D eigenvalue weighted by atomic mass is 9.97. The van der Waals surface area contributed by atoms with E-state index >= 15 is 0 Å². The fraction of sp³-hybridized carbons (Fsp3) is 0. The van der Waals surface area contributed by atoms with Crippen LogP contribution in [0, 0.1) is 0 Å². The molecule has 4 aromatic heterocycles. The molecule has 0 amide bonds. The molecule has 0 unspecified atom stereocenters. The Morgan fingerprint density at radius 3 is 1.79 bits per heavy atom. The van der Waals surface area contributed by atoms with Gasteiger partial charge in [0.1, 0.15) is 0 Å². The Kier molecular flexibility index (Phi) is 6.75. The molecular formula is C57H35N5S. The van der Waals surface area contributed by atoms with Gasteiger partial charge in [-0.15, -0.1) is 11.3 Å². The highest BCUT2D eigenvalue weighted by Crippen LogP contribution is 2.46. The minimum atomic E-state index is -0.190. The fourth-order valence-corrected chi connectivity index (χ4v) is 10.4. The highest BCUT2D eigenvalue weighted by atomic mass is 32.1. The minimum absolute atomic E-state index is 0.0604. The van der Waals surface area contributed by atoms with Gasteiger partial charge in [0, 0.05) is 64.0 Å². The zero-order valence-corrected chi connectivity index (χ0v) is 34.2. The second kappa shape index (κ2) is 14.2. The van der Waals surface area contributed by atoms with Crippen molar-refractivity contribution in [2.45, 2.75) is 0 Å². The molecule has 294 valence electrons. The molecule has 0 radical (unpaired) electrons. The lowest BCUT2D eigenvalue weighted by Crippen LogP contribution is -2.08. The number of rotatable bonds is 6. The zero-order valence-electron chi connectivity index (χ0n) is 39.4. The van der Waals surface area contributed by atoms with Crippen LogP contribution in [0.2, 0.25) is 0 Å². The van der Waals surface area contributed by atoms with E-state index in [2.05, 4.69) is 71.3 Å². The number of thiophene rings is 1. The number of para-hydroxylation sites is 4. The van der Waals surface area contributed by atoms with Gasteiger partial charge in [0.25, 0.3) is 0 Å². The van der Waals surface area contributed by atoms with E-state index in [9.17, 15) is 5.48 Å². The maximum Gasteiger partial charge on any atom is 0.238 e. The summed E-state index contributed by atoms with van der Waals surface area (Å²) < 4.78 is 61.2. The van der Waals surface area contributed by atoms with Gasteiger partial charge < -0.3 is 4.57 Å². The second-order valence-electron chi connectivity index (χ2n) is 15.5. The molecular weight excluding hydrogens is 787 g/mol. The van der Waals surface area contributed by atoms with E-state index in [-0.39, 0.29) is 58.1 Å². The van der Waals surface area contributed by atoms with E-state index in [1.807, 2.05) is 97.1 Å². The van der Waals surface area contributed by atoms with Crippen molar-refractivity contribution in [1.82, 2.24) is 24.1 Å². The smallest absolute Gasteiger partial charge is 0.238 e. The van der Waals surface area contributed by atoms with Crippen molar-refractivity contribution in [1.29, 1.82) is 0 Å². The standard InChI is InChI=1S/C57H35N5S/c1-3-17-36(18-4-1)38-33-34-51-47(35-38)41-23-9-13-31-50(41)62(51)57-59-55(37-19-5-2-6-20-37)58-56(60-57)46-28-15-25-43(45-27-16-26-44-42-24-10-14-32-52(42)63-54(44)45)53(46)61-48-29-11-7-21-39(48)40-22-8-12-30-49(40)61/h1-35H/i7D,8D,21D,22D,29D,30D. The Balaban J connectivity index is 1.18. The Hall–Kier alpha value is -8.19. The third-order valence-electron chi connectivity index (χ3n) is 12.0. The largest absolute Gasteiger partial charge is 0.308 e. The van der Waals surface area contributed by atoms with E-state index < -0.39 is 0 Å². The van der Waals surface area contributed by atoms with Crippen molar-refractivity contribution in [3.05, 3.63) is 212 Å². The lowest BCUT2D eigenvalue weighted by molar-refractivity contribution is 0.952. The molecule has 9 aromatic carbocycles. The number of aromatic nitrogens is 5. The molecule has 63 heavy (non-hydrogen) atoms. The van der Waals surface area contributed by atoms with Crippen LogP contribution in [-0.4, -0.2) is 24.1 Å². The molecule has 0 saturated heterocycles. The molecule has 0 atom stereocenters. The van der Waals surface area contributed by atoms with Crippen LogP contribution >= 0.6 is 11.3 Å². The summed E-state index contributed by atoms with van der Waals surface area (Å²) >= 11 is 1.68. The van der Waals surface area contributed by atoms with Gasteiger partial charge in [0.05, 0.1) is 36.0 Å². The SMILES string of the molecule is [2H]c1cc([2H])c2c(c1[2H])c1c([2H])c([2H])cc([2H])c1n2-c1c(-c2nc(-c3ccccc3)nc(-n3c4ccccc4c4cc(-c5ccccc5)ccc43)n2)cccc1-c1cccc2c1sc1ccccc12. The number of hydrogen-bond acceptors (Lipinski definition) is 4. The zero-order chi connectivity index (χ0) is 46.7. The summed E-state index contributed by atoms with van der Waals surface area (Å²) in [6.07, 6.45) is 0. The lowest BCUT2D eigenvalue weighted by Gasteiger charge is -2.19. The van der Waals surface area contributed by atoms with Crippen LogP contribution in [0.3, 0.4) is 0 Å². The van der Waals surface area contributed by atoms with Gasteiger partial charge in [-0.25, -0.2) is 4.98 Å².